The number of methoxy groups -OCH3 is 1. The first-order chi connectivity index (χ1) is 8.52. The van der Waals surface area contributed by atoms with E-state index < -0.39 is 17.7 Å². The van der Waals surface area contributed by atoms with Gasteiger partial charge in [0.1, 0.15) is 11.6 Å². The zero-order valence-corrected chi connectivity index (χ0v) is 11.7. The summed E-state index contributed by atoms with van der Waals surface area (Å²) in [5, 5.41) is 0. The minimum absolute atomic E-state index is 0.0990. The molecule has 1 amide bonds. The summed E-state index contributed by atoms with van der Waals surface area (Å²) in [5.74, 6) is -1.18. The summed E-state index contributed by atoms with van der Waals surface area (Å²) in [4.78, 5) is 28.5. The highest BCUT2D eigenvalue weighted by Gasteiger charge is 2.37. The van der Waals surface area contributed by atoms with Crippen molar-refractivity contribution < 1.29 is 18.7 Å². The van der Waals surface area contributed by atoms with Crippen molar-refractivity contribution in [3.8, 4) is 0 Å². The Bertz CT molecular complexity index is 509. The van der Waals surface area contributed by atoms with Gasteiger partial charge in [-0.1, -0.05) is 0 Å². The summed E-state index contributed by atoms with van der Waals surface area (Å²) in [6.07, 6.45) is 1.15. The molecule has 1 atom stereocenters. The quantitative estimate of drug-likeness (QED) is 0.587. The van der Waals surface area contributed by atoms with E-state index in [0.29, 0.717) is 9.39 Å². The van der Waals surface area contributed by atoms with Gasteiger partial charge in [-0.05, 0) is 28.7 Å². The average molecular weight is 364 g/mol. The van der Waals surface area contributed by atoms with E-state index in [1.165, 1.54) is 18.1 Å². The lowest BCUT2D eigenvalue weighted by molar-refractivity contribution is -0.145. The van der Waals surface area contributed by atoms with Crippen molar-refractivity contribution >= 4 is 40.3 Å². The van der Waals surface area contributed by atoms with Crippen LogP contribution in [0, 0.1) is 15.3 Å². The van der Waals surface area contributed by atoms with Crippen LogP contribution in [0.1, 0.15) is 6.42 Å². The van der Waals surface area contributed by atoms with Crippen LogP contribution in [-0.2, 0) is 14.3 Å². The predicted molar refractivity (Wildman–Crippen MR) is 69.4 cm³/mol. The highest BCUT2D eigenvalue weighted by Crippen LogP contribution is 2.28. The van der Waals surface area contributed by atoms with Gasteiger partial charge in [0.15, 0.2) is 0 Å². The van der Waals surface area contributed by atoms with Gasteiger partial charge in [0.2, 0.25) is 5.91 Å². The fourth-order valence-corrected chi connectivity index (χ4v) is 2.57. The van der Waals surface area contributed by atoms with Gasteiger partial charge in [-0.2, -0.15) is 0 Å². The zero-order chi connectivity index (χ0) is 13.3. The molecular formula is C11H10FIN2O3. The molecule has 18 heavy (non-hydrogen) atoms. The third kappa shape index (κ3) is 2.45. The normalized spacial score (nSPS) is 19.2. The Morgan fingerprint density at radius 1 is 1.67 bits per heavy atom. The molecular weight excluding hydrogens is 354 g/mol. The highest BCUT2D eigenvalue weighted by atomic mass is 127. The summed E-state index contributed by atoms with van der Waals surface area (Å²) in [5.41, 5.74) is 0. The Balaban J connectivity index is 2.24. The smallest absolute Gasteiger partial charge is 0.311 e. The Morgan fingerprint density at radius 3 is 3.00 bits per heavy atom. The van der Waals surface area contributed by atoms with Crippen LogP contribution in [0.25, 0.3) is 0 Å². The molecule has 0 N–H and O–H groups in total. The number of ether oxygens (including phenoxy) is 1. The van der Waals surface area contributed by atoms with Crippen LogP contribution in [-0.4, -0.2) is 30.5 Å². The van der Waals surface area contributed by atoms with E-state index >= 15 is 0 Å². The first-order valence-corrected chi connectivity index (χ1v) is 6.30. The number of amides is 1. The van der Waals surface area contributed by atoms with Gasteiger partial charge in [-0.25, -0.2) is 9.37 Å². The largest absolute Gasteiger partial charge is 0.469 e. The van der Waals surface area contributed by atoms with E-state index in [0.717, 1.165) is 6.20 Å². The number of hydrogen-bond acceptors (Lipinski definition) is 4. The predicted octanol–water partition coefficient (Wildman–Crippen LogP) is 1.35. The molecule has 0 aliphatic carbocycles. The molecule has 0 aromatic carbocycles. The second-order valence-electron chi connectivity index (χ2n) is 3.89. The van der Waals surface area contributed by atoms with E-state index in [2.05, 4.69) is 9.72 Å². The second-order valence-corrected chi connectivity index (χ2v) is 5.05. The zero-order valence-electron chi connectivity index (χ0n) is 9.52. The van der Waals surface area contributed by atoms with Crippen molar-refractivity contribution in [3.05, 3.63) is 21.7 Å². The van der Waals surface area contributed by atoms with Crippen LogP contribution in [0.4, 0.5) is 10.2 Å². The lowest BCUT2D eigenvalue weighted by Gasteiger charge is -2.16. The van der Waals surface area contributed by atoms with Crippen molar-refractivity contribution in [2.75, 3.05) is 18.6 Å². The van der Waals surface area contributed by atoms with Crippen molar-refractivity contribution in [2.24, 2.45) is 5.92 Å². The molecule has 2 heterocycles. The highest BCUT2D eigenvalue weighted by molar-refractivity contribution is 14.1. The lowest BCUT2D eigenvalue weighted by atomic mass is 10.1. The van der Waals surface area contributed by atoms with Crippen LogP contribution in [0.3, 0.4) is 0 Å². The molecule has 1 aliphatic rings. The maximum atomic E-state index is 12.9. The minimum Gasteiger partial charge on any atom is -0.469 e. The van der Waals surface area contributed by atoms with Crippen LogP contribution < -0.4 is 4.90 Å². The molecule has 1 aliphatic heterocycles. The van der Waals surface area contributed by atoms with Gasteiger partial charge in [0, 0.05) is 13.0 Å². The molecule has 7 heteroatoms. The third-order valence-electron chi connectivity index (χ3n) is 2.70. The average Bonchev–Trinajstić information content (AvgIpc) is 2.70. The Labute approximate surface area is 116 Å². The number of rotatable bonds is 2. The van der Waals surface area contributed by atoms with E-state index in [4.69, 9.17) is 0 Å². The number of pyridine rings is 1. The molecule has 0 radical (unpaired) electrons. The summed E-state index contributed by atoms with van der Waals surface area (Å²) in [6, 6.07) is 1.29. The molecule has 96 valence electrons. The van der Waals surface area contributed by atoms with Gasteiger partial charge in [-0.15, -0.1) is 0 Å². The van der Waals surface area contributed by atoms with E-state index in [-0.39, 0.29) is 18.9 Å². The van der Waals surface area contributed by atoms with E-state index in [1.54, 1.807) is 0 Å². The summed E-state index contributed by atoms with van der Waals surface area (Å²) < 4.78 is 18.1. The van der Waals surface area contributed by atoms with Crippen molar-refractivity contribution in [3.63, 3.8) is 0 Å². The Morgan fingerprint density at radius 2 is 2.39 bits per heavy atom. The lowest BCUT2D eigenvalue weighted by Crippen LogP contribution is -2.27. The number of halogens is 2. The molecule has 0 spiro atoms. The SMILES string of the molecule is COC(=O)C1CC(=O)N(c2ncc(F)cc2I)C1. The Hall–Kier alpha value is -1.25. The topological polar surface area (TPSA) is 59.5 Å². The molecule has 1 unspecified atom stereocenters. The molecule has 1 fully saturated rings. The number of carbonyl (C=O) groups excluding carboxylic acids is 2. The number of hydrogen-bond donors (Lipinski definition) is 0. The molecule has 1 aromatic heterocycles. The number of carbonyl (C=O) groups is 2. The number of anilines is 1. The molecule has 0 bridgehead atoms. The number of nitrogens with zero attached hydrogens (tertiary/aromatic N) is 2. The van der Waals surface area contributed by atoms with Gasteiger partial charge >= 0.3 is 5.97 Å². The fourth-order valence-electron chi connectivity index (χ4n) is 1.84. The van der Waals surface area contributed by atoms with Gasteiger partial charge in [0.05, 0.1) is 22.8 Å². The molecule has 5 nitrogen and oxygen atoms in total. The van der Waals surface area contributed by atoms with Crippen molar-refractivity contribution in [1.29, 1.82) is 0 Å². The molecule has 1 aromatic rings. The maximum absolute atomic E-state index is 12.9. The molecule has 2 rings (SSSR count). The fraction of sp³-hybridized carbons (Fsp3) is 0.364. The first-order valence-electron chi connectivity index (χ1n) is 5.22. The number of aromatic nitrogens is 1. The van der Waals surface area contributed by atoms with Crippen LogP contribution in [0.5, 0.6) is 0 Å². The molecule has 1 saturated heterocycles. The Kier molecular flexibility index (Phi) is 3.79. The van der Waals surface area contributed by atoms with E-state index in [1.807, 2.05) is 22.6 Å². The van der Waals surface area contributed by atoms with E-state index in [9.17, 15) is 14.0 Å². The van der Waals surface area contributed by atoms with Crippen LogP contribution in [0.15, 0.2) is 12.3 Å². The number of esters is 1. The third-order valence-corrected chi connectivity index (χ3v) is 3.50. The van der Waals surface area contributed by atoms with Gasteiger partial charge < -0.3 is 4.74 Å². The summed E-state index contributed by atoms with van der Waals surface area (Å²) in [7, 11) is 1.29. The van der Waals surface area contributed by atoms with Gasteiger partial charge in [0.25, 0.3) is 0 Å². The minimum atomic E-state index is -0.481. The second kappa shape index (κ2) is 5.17. The maximum Gasteiger partial charge on any atom is 0.311 e. The van der Waals surface area contributed by atoms with Crippen molar-refractivity contribution in [1.82, 2.24) is 4.98 Å². The molecule has 0 saturated carbocycles. The monoisotopic (exact) mass is 364 g/mol. The first kappa shape index (κ1) is 13.2. The standard InChI is InChI=1S/C11H10FIN2O3/c1-18-11(17)6-2-9(16)15(5-6)10-8(13)3-7(12)4-14-10/h3-4,6H,2,5H2,1H3. The van der Waals surface area contributed by atoms with Crippen LogP contribution >= 0.6 is 22.6 Å². The summed E-state index contributed by atoms with van der Waals surface area (Å²) in [6.45, 7) is 0.222. The van der Waals surface area contributed by atoms with Gasteiger partial charge in [-0.3, -0.25) is 14.5 Å². The summed E-state index contributed by atoms with van der Waals surface area (Å²) >= 11 is 1.91. The van der Waals surface area contributed by atoms with Crippen molar-refractivity contribution in [2.45, 2.75) is 6.42 Å². The van der Waals surface area contributed by atoms with Crippen LogP contribution in [0.2, 0.25) is 0 Å².